The average molecular weight is 349 g/mol. The van der Waals surface area contributed by atoms with E-state index in [0.717, 1.165) is 0 Å². The molecule has 0 bridgehead atoms. The zero-order valence-corrected chi connectivity index (χ0v) is 12.9. The SMILES string of the molecule is C[C@H]1CC(=O)C2=C(C1)OC(N)=C(C#N)[C@@H]2c1ccc(Br)o1. The Morgan fingerprint density at radius 1 is 1.43 bits per heavy atom. The Kier molecular flexibility index (Phi) is 3.38. The number of carbonyl (C=O) groups is 1. The predicted octanol–water partition coefficient (Wildman–Crippen LogP) is 3.10. The number of rotatable bonds is 1. The Labute approximate surface area is 130 Å². The molecule has 3 rings (SSSR count). The number of hydrogen-bond acceptors (Lipinski definition) is 5. The number of halogens is 1. The summed E-state index contributed by atoms with van der Waals surface area (Å²) in [5.41, 5.74) is 6.58. The van der Waals surface area contributed by atoms with Crippen molar-refractivity contribution in [1.82, 2.24) is 0 Å². The third-order valence-electron chi connectivity index (χ3n) is 3.74. The fraction of sp³-hybridized carbons (Fsp3) is 0.333. The largest absolute Gasteiger partial charge is 0.453 e. The monoisotopic (exact) mass is 348 g/mol. The summed E-state index contributed by atoms with van der Waals surface area (Å²) in [5, 5.41) is 9.37. The summed E-state index contributed by atoms with van der Waals surface area (Å²) in [7, 11) is 0. The van der Waals surface area contributed by atoms with E-state index in [2.05, 4.69) is 15.9 Å². The second-order valence-corrected chi connectivity index (χ2v) is 6.12. The molecule has 0 amide bonds. The van der Waals surface area contributed by atoms with Crippen molar-refractivity contribution in [1.29, 1.82) is 5.26 Å². The molecule has 0 spiro atoms. The minimum absolute atomic E-state index is 0.0125. The van der Waals surface area contributed by atoms with E-state index in [4.69, 9.17) is 14.9 Å². The van der Waals surface area contributed by atoms with Gasteiger partial charge in [0.2, 0.25) is 5.88 Å². The molecule has 2 atom stereocenters. The van der Waals surface area contributed by atoms with Gasteiger partial charge in [-0.2, -0.15) is 5.26 Å². The van der Waals surface area contributed by atoms with Crippen molar-refractivity contribution >= 4 is 21.7 Å². The highest BCUT2D eigenvalue weighted by molar-refractivity contribution is 9.10. The summed E-state index contributed by atoms with van der Waals surface area (Å²) < 4.78 is 11.6. The van der Waals surface area contributed by atoms with Crippen molar-refractivity contribution in [2.45, 2.75) is 25.7 Å². The van der Waals surface area contributed by atoms with Gasteiger partial charge in [-0.1, -0.05) is 6.92 Å². The van der Waals surface area contributed by atoms with E-state index in [-0.39, 0.29) is 23.2 Å². The molecule has 0 aromatic carbocycles. The standard InChI is InChI=1S/C15H13BrN2O3/c1-7-4-9(19)14-11(5-7)21-15(18)8(6-17)13(14)10-2-3-12(16)20-10/h2-3,7,13H,4-5,18H2,1H3/t7-,13+/m0/s1. The first-order valence-corrected chi connectivity index (χ1v) is 7.39. The van der Waals surface area contributed by atoms with E-state index in [1.54, 1.807) is 12.1 Å². The molecular weight excluding hydrogens is 336 g/mol. The van der Waals surface area contributed by atoms with E-state index in [0.29, 0.717) is 34.6 Å². The lowest BCUT2D eigenvalue weighted by Gasteiger charge is -2.31. The highest BCUT2D eigenvalue weighted by Crippen LogP contribution is 2.45. The molecule has 0 unspecified atom stereocenters. The number of carbonyl (C=O) groups excluding carboxylic acids is 1. The maximum absolute atomic E-state index is 12.4. The van der Waals surface area contributed by atoms with Crippen LogP contribution >= 0.6 is 15.9 Å². The molecule has 2 N–H and O–H groups in total. The van der Waals surface area contributed by atoms with Crippen LogP contribution in [-0.2, 0) is 9.53 Å². The number of hydrogen-bond donors (Lipinski definition) is 1. The topological polar surface area (TPSA) is 89.2 Å². The second kappa shape index (κ2) is 5.08. The normalized spacial score (nSPS) is 25.5. The van der Waals surface area contributed by atoms with Gasteiger partial charge in [0.25, 0.3) is 0 Å². The molecule has 1 aliphatic heterocycles. The van der Waals surface area contributed by atoms with Crippen LogP contribution in [0.4, 0.5) is 0 Å². The third kappa shape index (κ3) is 2.28. The molecule has 1 aliphatic carbocycles. The van der Waals surface area contributed by atoms with Crippen LogP contribution in [0.2, 0.25) is 0 Å². The zero-order chi connectivity index (χ0) is 15.1. The molecule has 1 aromatic rings. The van der Waals surface area contributed by atoms with E-state index in [1.165, 1.54) is 0 Å². The van der Waals surface area contributed by atoms with Gasteiger partial charge in [0.05, 0.1) is 5.92 Å². The van der Waals surface area contributed by atoms with Gasteiger partial charge in [-0.15, -0.1) is 0 Å². The molecule has 6 heteroatoms. The van der Waals surface area contributed by atoms with E-state index in [1.807, 2.05) is 13.0 Å². The molecule has 0 radical (unpaired) electrons. The Hall–Kier alpha value is -2.00. The Balaban J connectivity index is 2.17. The number of furan rings is 1. The molecule has 2 aliphatic rings. The van der Waals surface area contributed by atoms with Gasteiger partial charge in [0.15, 0.2) is 10.5 Å². The third-order valence-corrected chi connectivity index (χ3v) is 4.17. The highest BCUT2D eigenvalue weighted by Gasteiger charge is 2.41. The first-order valence-electron chi connectivity index (χ1n) is 6.60. The van der Waals surface area contributed by atoms with Crippen molar-refractivity contribution < 1.29 is 13.9 Å². The Bertz CT molecular complexity index is 724. The van der Waals surface area contributed by atoms with Crippen molar-refractivity contribution in [3.05, 3.63) is 45.4 Å². The number of nitrogens with zero attached hydrogens (tertiary/aromatic N) is 1. The maximum atomic E-state index is 12.4. The smallest absolute Gasteiger partial charge is 0.205 e. The average Bonchev–Trinajstić information content (AvgIpc) is 2.83. The molecular formula is C15H13BrN2O3. The number of Topliss-reactive ketones (excluding diaryl/α,β-unsaturated/α-hetero) is 1. The number of ether oxygens (including phenoxy) is 1. The summed E-state index contributed by atoms with van der Waals surface area (Å²) in [6, 6.07) is 5.51. The molecule has 0 saturated carbocycles. The Morgan fingerprint density at radius 3 is 2.81 bits per heavy atom. The molecule has 2 heterocycles. The van der Waals surface area contributed by atoms with Crippen LogP contribution in [0, 0.1) is 17.2 Å². The molecule has 1 aromatic heterocycles. The number of ketones is 1. The maximum Gasteiger partial charge on any atom is 0.205 e. The van der Waals surface area contributed by atoms with Crippen LogP contribution in [0.5, 0.6) is 0 Å². The summed E-state index contributed by atoms with van der Waals surface area (Å²) in [6.45, 7) is 1.99. The number of allylic oxidation sites excluding steroid dienone is 3. The van der Waals surface area contributed by atoms with Gasteiger partial charge in [-0.25, -0.2) is 0 Å². The van der Waals surface area contributed by atoms with E-state index >= 15 is 0 Å². The van der Waals surface area contributed by atoms with Gasteiger partial charge < -0.3 is 14.9 Å². The van der Waals surface area contributed by atoms with Crippen molar-refractivity contribution in [3.8, 4) is 6.07 Å². The Morgan fingerprint density at radius 2 is 2.19 bits per heavy atom. The minimum atomic E-state index is -0.579. The summed E-state index contributed by atoms with van der Waals surface area (Å²) >= 11 is 3.24. The second-order valence-electron chi connectivity index (χ2n) is 5.34. The first-order chi connectivity index (χ1) is 10.0. The zero-order valence-electron chi connectivity index (χ0n) is 11.4. The van der Waals surface area contributed by atoms with Crippen molar-refractivity contribution in [3.63, 3.8) is 0 Å². The van der Waals surface area contributed by atoms with Gasteiger partial charge >= 0.3 is 0 Å². The van der Waals surface area contributed by atoms with Gasteiger partial charge in [0, 0.05) is 18.4 Å². The molecule has 0 fully saturated rings. The molecule has 5 nitrogen and oxygen atoms in total. The quantitative estimate of drug-likeness (QED) is 0.841. The lowest BCUT2D eigenvalue weighted by molar-refractivity contribution is -0.117. The summed E-state index contributed by atoms with van der Waals surface area (Å²) in [4.78, 5) is 12.4. The van der Waals surface area contributed by atoms with Crippen LogP contribution in [0.3, 0.4) is 0 Å². The fourth-order valence-electron chi connectivity index (χ4n) is 2.86. The lowest BCUT2D eigenvalue weighted by atomic mass is 9.77. The summed E-state index contributed by atoms with van der Waals surface area (Å²) in [5.74, 6) is 0.742. The number of nitrogens with two attached hydrogens (primary N) is 1. The highest BCUT2D eigenvalue weighted by atomic mass is 79.9. The van der Waals surface area contributed by atoms with E-state index < -0.39 is 5.92 Å². The lowest BCUT2D eigenvalue weighted by Crippen LogP contribution is -2.29. The molecule has 21 heavy (non-hydrogen) atoms. The number of nitriles is 1. The van der Waals surface area contributed by atoms with Crippen LogP contribution in [0.1, 0.15) is 31.4 Å². The van der Waals surface area contributed by atoms with Crippen LogP contribution in [0.25, 0.3) is 0 Å². The minimum Gasteiger partial charge on any atom is -0.453 e. The first kappa shape index (κ1) is 14.0. The molecule has 108 valence electrons. The van der Waals surface area contributed by atoms with Gasteiger partial charge in [0.1, 0.15) is 23.2 Å². The van der Waals surface area contributed by atoms with Gasteiger partial charge in [-0.05, 0) is 34.0 Å². The van der Waals surface area contributed by atoms with Crippen LogP contribution in [-0.4, -0.2) is 5.78 Å². The van der Waals surface area contributed by atoms with Gasteiger partial charge in [-0.3, -0.25) is 4.79 Å². The fourth-order valence-corrected chi connectivity index (χ4v) is 3.18. The summed E-state index contributed by atoms with van der Waals surface area (Å²) in [6.07, 6.45) is 1.08. The predicted molar refractivity (Wildman–Crippen MR) is 77.5 cm³/mol. The van der Waals surface area contributed by atoms with Crippen LogP contribution in [0.15, 0.2) is 44.0 Å². The van der Waals surface area contributed by atoms with Crippen LogP contribution < -0.4 is 5.73 Å². The van der Waals surface area contributed by atoms with Crippen molar-refractivity contribution in [2.24, 2.45) is 11.7 Å². The van der Waals surface area contributed by atoms with E-state index in [9.17, 15) is 10.1 Å². The molecule has 0 saturated heterocycles. The van der Waals surface area contributed by atoms with Crippen molar-refractivity contribution in [2.75, 3.05) is 0 Å².